The number of amides is 1. The molecule has 3 rings (SSSR count). The lowest BCUT2D eigenvalue weighted by Crippen LogP contribution is -2.38. The molecule has 0 radical (unpaired) electrons. The van der Waals surface area contributed by atoms with Crippen LogP contribution >= 0.6 is 0 Å². The summed E-state index contributed by atoms with van der Waals surface area (Å²) < 4.78 is 6.57. The molecule has 1 aromatic heterocycles. The van der Waals surface area contributed by atoms with Crippen LogP contribution in [0.4, 0.5) is 0 Å². The van der Waals surface area contributed by atoms with Gasteiger partial charge in [0, 0.05) is 19.5 Å². The van der Waals surface area contributed by atoms with Gasteiger partial charge in [0.25, 0.3) is 0 Å². The molecule has 0 atom stereocenters. The molecule has 2 heterocycles. The monoisotopic (exact) mass is 303 g/mol. The molecule has 1 saturated heterocycles. The Bertz CT molecular complexity index is 739. The third-order valence-electron chi connectivity index (χ3n) is 4.41. The minimum Gasteiger partial charge on any atom is -0.408 e. The summed E-state index contributed by atoms with van der Waals surface area (Å²) in [6.07, 6.45) is 1.83. The van der Waals surface area contributed by atoms with Crippen molar-refractivity contribution in [3.05, 3.63) is 34.3 Å². The summed E-state index contributed by atoms with van der Waals surface area (Å²) in [6, 6.07) is 5.53. The molecule has 0 aliphatic carbocycles. The van der Waals surface area contributed by atoms with E-state index in [1.54, 1.807) is 13.1 Å². The Morgan fingerprint density at radius 2 is 2.05 bits per heavy atom. The van der Waals surface area contributed by atoms with Gasteiger partial charge in [0.1, 0.15) is 0 Å². The molecule has 1 aliphatic rings. The van der Waals surface area contributed by atoms with E-state index in [-0.39, 0.29) is 17.6 Å². The van der Waals surface area contributed by atoms with Gasteiger partial charge < -0.3 is 14.6 Å². The lowest BCUT2D eigenvalue weighted by atomic mass is 9.96. The van der Waals surface area contributed by atoms with E-state index in [1.165, 1.54) is 4.57 Å². The third-order valence-corrected chi connectivity index (χ3v) is 4.41. The maximum absolute atomic E-state index is 12.2. The van der Waals surface area contributed by atoms with Gasteiger partial charge in [0.2, 0.25) is 5.91 Å². The molecular formula is C16H21N3O3. The van der Waals surface area contributed by atoms with E-state index in [1.807, 2.05) is 12.1 Å². The van der Waals surface area contributed by atoms with Crippen LogP contribution in [0.15, 0.2) is 27.4 Å². The highest BCUT2D eigenvalue weighted by Gasteiger charge is 2.22. The number of nitrogens with one attached hydrogen (secondary N) is 1. The highest BCUT2D eigenvalue weighted by atomic mass is 16.4. The van der Waals surface area contributed by atoms with Gasteiger partial charge in [-0.3, -0.25) is 9.36 Å². The minimum atomic E-state index is -0.373. The molecule has 1 fully saturated rings. The second-order valence-corrected chi connectivity index (χ2v) is 6.02. The average Bonchev–Trinajstić information content (AvgIpc) is 2.80. The van der Waals surface area contributed by atoms with Crippen molar-refractivity contribution in [1.82, 2.24) is 14.8 Å². The molecule has 1 aliphatic heterocycles. The zero-order valence-electron chi connectivity index (χ0n) is 13.0. The number of nitrogens with zero attached hydrogens (tertiary/aromatic N) is 2. The molecule has 2 aromatic rings. The van der Waals surface area contributed by atoms with Gasteiger partial charge in [-0.15, -0.1) is 0 Å². The molecule has 1 amide bonds. The van der Waals surface area contributed by atoms with Gasteiger partial charge in [-0.2, -0.15) is 0 Å². The van der Waals surface area contributed by atoms with Crippen LogP contribution in [0.5, 0.6) is 0 Å². The fourth-order valence-corrected chi connectivity index (χ4v) is 2.89. The summed E-state index contributed by atoms with van der Waals surface area (Å²) in [5, 5.41) is 3.00. The summed E-state index contributed by atoms with van der Waals surface area (Å²) in [5.74, 6) is -0.144. The highest BCUT2D eigenvalue weighted by molar-refractivity contribution is 5.79. The smallest absolute Gasteiger partial charge is 0.408 e. The Kier molecular flexibility index (Phi) is 4.02. The fourth-order valence-electron chi connectivity index (χ4n) is 2.89. The van der Waals surface area contributed by atoms with Crippen molar-refractivity contribution in [1.29, 1.82) is 0 Å². The van der Waals surface area contributed by atoms with Gasteiger partial charge in [-0.05, 0) is 50.7 Å². The lowest BCUT2D eigenvalue weighted by molar-refractivity contribution is -0.126. The van der Waals surface area contributed by atoms with Crippen LogP contribution in [0.1, 0.15) is 18.4 Å². The van der Waals surface area contributed by atoms with Gasteiger partial charge in [0.15, 0.2) is 5.58 Å². The van der Waals surface area contributed by atoms with Crippen LogP contribution in [0, 0.1) is 5.92 Å². The third kappa shape index (κ3) is 2.92. The van der Waals surface area contributed by atoms with E-state index in [2.05, 4.69) is 17.3 Å². The number of piperidine rings is 1. The van der Waals surface area contributed by atoms with E-state index in [0.717, 1.165) is 37.0 Å². The van der Waals surface area contributed by atoms with Crippen LogP contribution < -0.4 is 11.1 Å². The van der Waals surface area contributed by atoms with E-state index in [0.29, 0.717) is 12.1 Å². The number of hydrogen-bond acceptors (Lipinski definition) is 4. The number of rotatable bonds is 3. The summed E-state index contributed by atoms with van der Waals surface area (Å²) >= 11 is 0. The van der Waals surface area contributed by atoms with E-state index in [4.69, 9.17) is 4.42 Å². The van der Waals surface area contributed by atoms with Crippen LogP contribution in [-0.4, -0.2) is 35.5 Å². The minimum absolute atomic E-state index is 0.109. The molecule has 6 heteroatoms. The maximum Gasteiger partial charge on any atom is 0.419 e. The zero-order valence-corrected chi connectivity index (χ0v) is 13.0. The summed E-state index contributed by atoms with van der Waals surface area (Å²) in [6.45, 7) is 2.42. The Balaban J connectivity index is 1.65. The average molecular weight is 303 g/mol. The van der Waals surface area contributed by atoms with Crippen molar-refractivity contribution < 1.29 is 9.21 Å². The quantitative estimate of drug-likeness (QED) is 0.921. The van der Waals surface area contributed by atoms with Crippen LogP contribution in [0.2, 0.25) is 0 Å². The van der Waals surface area contributed by atoms with Crippen molar-refractivity contribution in [3.63, 3.8) is 0 Å². The van der Waals surface area contributed by atoms with Crippen molar-refractivity contribution in [2.75, 3.05) is 20.1 Å². The first kappa shape index (κ1) is 14.8. The fraction of sp³-hybridized carbons (Fsp3) is 0.500. The van der Waals surface area contributed by atoms with Gasteiger partial charge in [-0.25, -0.2) is 4.79 Å². The molecule has 6 nitrogen and oxygen atoms in total. The molecule has 0 unspecified atom stereocenters. The number of aromatic nitrogens is 1. The normalized spacial score (nSPS) is 17.0. The Morgan fingerprint density at radius 3 is 2.77 bits per heavy atom. The number of oxazole rings is 1. The van der Waals surface area contributed by atoms with Gasteiger partial charge in [-0.1, -0.05) is 6.07 Å². The molecule has 22 heavy (non-hydrogen) atoms. The first-order valence-electron chi connectivity index (χ1n) is 7.59. The van der Waals surface area contributed by atoms with Crippen LogP contribution in [0.25, 0.3) is 11.1 Å². The zero-order chi connectivity index (χ0) is 15.7. The van der Waals surface area contributed by atoms with Crippen molar-refractivity contribution in [2.45, 2.75) is 19.4 Å². The number of aryl methyl sites for hydroxylation is 1. The first-order valence-corrected chi connectivity index (χ1v) is 7.59. The number of likely N-dealkylation sites (tertiary alicyclic amines) is 1. The summed E-state index contributed by atoms with van der Waals surface area (Å²) in [4.78, 5) is 25.9. The predicted molar refractivity (Wildman–Crippen MR) is 83.5 cm³/mol. The van der Waals surface area contributed by atoms with Gasteiger partial charge in [0.05, 0.1) is 5.52 Å². The molecule has 1 N–H and O–H groups in total. The van der Waals surface area contributed by atoms with E-state index < -0.39 is 0 Å². The Morgan fingerprint density at radius 1 is 1.32 bits per heavy atom. The molecular weight excluding hydrogens is 282 g/mol. The standard InChI is InChI=1S/C16H21N3O3/c1-18-7-5-12(6-8-18)15(20)17-10-11-3-4-14-13(9-11)19(2)16(21)22-14/h3-4,9,12H,5-8,10H2,1-2H3,(H,17,20). The van der Waals surface area contributed by atoms with E-state index in [9.17, 15) is 9.59 Å². The number of benzene rings is 1. The SMILES string of the molecule is CN1CCC(C(=O)NCc2ccc3oc(=O)n(C)c3c2)CC1. The van der Waals surface area contributed by atoms with Crippen LogP contribution in [-0.2, 0) is 18.4 Å². The number of hydrogen-bond donors (Lipinski definition) is 1. The van der Waals surface area contributed by atoms with Crippen molar-refractivity contribution >= 4 is 17.0 Å². The van der Waals surface area contributed by atoms with Gasteiger partial charge >= 0.3 is 5.76 Å². The second kappa shape index (κ2) is 5.96. The largest absolute Gasteiger partial charge is 0.419 e. The predicted octanol–water partition coefficient (Wildman–Crippen LogP) is 1.09. The summed E-state index contributed by atoms with van der Waals surface area (Å²) in [5.41, 5.74) is 2.28. The van der Waals surface area contributed by atoms with E-state index >= 15 is 0 Å². The topological polar surface area (TPSA) is 67.5 Å². The maximum atomic E-state index is 12.2. The molecule has 118 valence electrons. The second-order valence-electron chi connectivity index (χ2n) is 6.02. The highest BCUT2D eigenvalue weighted by Crippen LogP contribution is 2.17. The molecule has 0 saturated carbocycles. The molecule has 0 bridgehead atoms. The summed E-state index contributed by atoms with van der Waals surface area (Å²) in [7, 11) is 3.76. The number of fused-ring (bicyclic) bond motifs is 1. The van der Waals surface area contributed by atoms with Crippen molar-refractivity contribution in [3.8, 4) is 0 Å². The van der Waals surface area contributed by atoms with Crippen molar-refractivity contribution in [2.24, 2.45) is 13.0 Å². The molecule has 1 aromatic carbocycles. The Hall–Kier alpha value is -2.08. The Labute approximate surface area is 128 Å². The number of carbonyl (C=O) groups excluding carboxylic acids is 1. The lowest BCUT2D eigenvalue weighted by Gasteiger charge is -2.28. The first-order chi connectivity index (χ1) is 10.5. The molecule has 0 spiro atoms. The van der Waals surface area contributed by atoms with Crippen LogP contribution in [0.3, 0.4) is 0 Å². The number of carbonyl (C=O) groups is 1.